The number of hydrogen-bond acceptors (Lipinski definition) is 2. The van der Waals surface area contributed by atoms with Crippen LogP contribution < -0.4 is 5.43 Å². The van der Waals surface area contributed by atoms with Gasteiger partial charge in [-0.15, -0.1) is 0 Å². The summed E-state index contributed by atoms with van der Waals surface area (Å²) in [6.07, 6.45) is 2.12. The van der Waals surface area contributed by atoms with Crippen molar-refractivity contribution < 1.29 is 9.90 Å². The third-order valence-electron chi connectivity index (χ3n) is 1.34. The van der Waals surface area contributed by atoms with Crippen molar-refractivity contribution in [1.29, 1.82) is 0 Å². The van der Waals surface area contributed by atoms with Gasteiger partial charge in [-0.3, -0.25) is 0 Å². The van der Waals surface area contributed by atoms with E-state index >= 15 is 0 Å². The molecule has 1 rings (SSSR count). The number of aryl methyl sites for hydroxylation is 1. The first-order chi connectivity index (χ1) is 5.70. The van der Waals surface area contributed by atoms with Crippen LogP contribution in [0.5, 0.6) is 0 Å². The summed E-state index contributed by atoms with van der Waals surface area (Å²) in [6.45, 7) is 0. The van der Waals surface area contributed by atoms with Crippen molar-refractivity contribution in [2.45, 2.75) is 0 Å². The summed E-state index contributed by atoms with van der Waals surface area (Å²) >= 11 is 0. The molecule has 5 heteroatoms. The Bertz CT molecular complexity index is 303. The highest BCUT2D eigenvalue weighted by atomic mass is 16.4. The predicted molar refractivity (Wildman–Crippen MR) is 44.2 cm³/mol. The van der Waals surface area contributed by atoms with Crippen LogP contribution in [0.15, 0.2) is 23.4 Å². The lowest BCUT2D eigenvalue weighted by Crippen LogP contribution is -2.13. The van der Waals surface area contributed by atoms with Crippen LogP contribution in [-0.2, 0) is 7.05 Å². The van der Waals surface area contributed by atoms with Gasteiger partial charge < -0.3 is 9.67 Å². The fraction of sp³-hybridized carbons (Fsp3) is 0.143. The molecule has 0 aliphatic rings. The summed E-state index contributed by atoms with van der Waals surface area (Å²) in [5.74, 6) is 0. The molecule has 1 aromatic rings. The van der Waals surface area contributed by atoms with Crippen LogP contribution in [0.2, 0.25) is 0 Å². The lowest BCUT2D eigenvalue weighted by molar-refractivity contribution is 0.195. The highest BCUT2D eigenvalue weighted by Crippen LogP contribution is 1.94. The van der Waals surface area contributed by atoms with Gasteiger partial charge in [0.15, 0.2) is 0 Å². The fourth-order valence-corrected chi connectivity index (χ4v) is 0.762. The van der Waals surface area contributed by atoms with Gasteiger partial charge in [-0.05, 0) is 12.1 Å². The summed E-state index contributed by atoms with van der Waals surface area (Å²) in [7, 11) is 1.85. The number of rotatable bonds is 2. The smallest absolute Gasteiger partial charge is 0.425 e. The van der Waals surface area contributed by atoms with Crippen molar-refractivity contribution >= 4 is 12.3 Å². The number of carboxylic acid groups (broad SMARTS) is 1. The number of nitrogens with zero attached hydrogens (tertiary/aromatic N) is 2. The topological polar surface area (TPSA) is 66.6 Å². The number of amides is 1. The van der Waals surface area contributed by atoms with E-state index in [0.717, 1.165) is 5.69 Å². The summed E-state index contributed by atoms with van der Waals surface area (Å²) in [5, 5.41) is 11.7. The third kappa shape index (κ3) is 2.12. The van der Waals surface area contributed by atoms with Gasteiger partial charge in [0.05, 0.1) is 11.9 Å². The Morgan fingerprint density at radius 2 is 2.58 bits per heavy atom. The van der Waals surface area contributed by atoms with E-state index in [2.05, 4.69) is 5.10 Å². The first kappa shape index (κ1) is 8.32. The van der Waals surface area contributed by atoms with Crippen molar-refractivity contribution in [3.8, 4) is 0 Å². The molecule has 0 saturated carbocycles. The Morgan fingerprint density at radius 3 is 3.08 bits per heavy atom. The second-order valence-electron chi connectivity index (χ2n) is 2.22. The molecule has 0 aromatic carbocycles. The van der Waals surface area contributed by atoms with E-state index in [4.69, 9.17) is 5.11 Å². The molecule has 5 nitrogen and oxygen atoms in total. The Labute approximate surface area is 69.3 Å². The van der Waals surface area contributed by atoms with E-state index in [1.165, 1.54) is 6.21 Å². The number of nitrogens with one attached hydrogen (secondary N) is 1. The lowest BCUT2D eigenvalue weighted by Gasteiger charge is -1.94. The van der Waals surface area contributed by atoms with E-state index in [0.29, 0.717) is 0 Å². The molecule has 64 valence electrons. The van der Waals surface area contributed by atoms with Crippen LogP contribution >= 0.6 is 0 Å². The maximum atomic E-state index is 9.98. The molecular formula is C7H9N3O2. The summed E-state index contributed by atoms with van der Waals surface area (Å²) in [6, 6.07) is 3.68. The molecule has 2 N–H and O–H groups in total. The predicted octanol–water partition coefficient (Wildman–Crippen LogP) is 0.627. The van der Waals surface area contributed by atoms with Crippen molar-refractivity contribution in [3.05, 3.63) is 24.0 Å². The van der Waals surface area contributed by atoms with Gasteiger partial charge in [0.25, 0.3) is 0 Å². The van der Waals surface area contributed by atoms with Gasteiger partial charge >= 0.3 is 6.09 Å². The van der Waals surface area contributed by atoms with Gasteiger partial charge in [0, 0.05) is 13.2 Å². The second-order valence-corrected chi connectivity index (χ2v) is 2.22. The van der Waals surface area contributed by atoms with E-state index in [1.54, 1.807) is 0 Å². The van der Waals surface area contributed by atoms with Crippen LogP contribution in [0.4, 0.5) is 4.79 Å². The standard InChI is InChI=1S/C7H9N3O2/c1-10-4-2-3-6(10)5-8-9-7(11)12/h2-5,9H,1H3,(H,11,12). The van der Waals surface area contributed by atoms with Crippen LogP contribution in [0, 0.1) is 0 Å². The quantitative estimate of drug-likeness (QED) is 0.501. The van der Waals surface area contributed by atoms with Gasteiger partial charge in [0.1, 0.15) is 0 Å². The van der Waals surface area contributed by atoms with Crippen LogP contribution in [0.3, 0.4) is 0 Å². The average molecular weight is 167 g/mol. The number of hydrogen-bond donors (Lipinski definition) is 2. The molecule has 0 radical (unpaired) electrons. The summed E-state index contributed by atoms with van der Waals surface area (Å²) in [4.78, 5) is 9.98. The van der Waals surface area contributed by atoms with Gasteiger partial charge in [0.2, 0.25) is 0 Å². The minimum Gasteiger partial charge on any atom is -0.464 e. The molecule has 0 atom stereocenters. The Morgan fingerprint density at radius 1 is 1.83 bits per heavy atom. The molecular weight excluding hydrogens is 158 g/mol. The first-order valence-electron chi connectivity index (χ1n) is 3.33. The monoisotopic (exact) mass is 167 g/mol. The second kappa shape index (κ2) is 3.56. The van der Waals surface area contributed by atoms with Crippen molar-refractivity contribution in [3.63, 3.8) is 0 Å². The van der Waals surface area contributed by atoms with E-state index in [9.17, 15) is 4.79 Å². The van der Waals surface area contributed by atoms with E-state index in [1.807, 2.05) is 35.4 Å². The minimum absolute atomic E-state index is 0.837. The van der Waals surface area contributed by atoms with Crippen LogP contribution in [-0.4, -0.2) is 22.0 Å². The Balaban J connectivity index is 2.57. The zero-order valence-electron chi connectivity index (χ0n) is 6.56. The fourth-order valence-electron chi connectivity index (χ4n) is 0.762. The molecule has 0 saturated heterocycles. The van der Waals surface area contributed by atoms with Crippen molar-refractivity contribution in [1.82, 2.24) is 9.99 Å². The SMILES string of the molecule is Cn1cccc1C=NNC(=O)O. The van der Waals surface area contributed by atoms with Crippen LogP contribution in [0.25, 0.3) is 0 Å². The number of hydrazone groups is 1. The molecule has 0 unspecified atom stereocenters. The van der Waals surface area contributed by atoms with E-state index in [-0.39, 0.29) is 0 Å². The van der Waals surface area contributed by atoms with Gasteiger partial charge in [-0.1, -0.05) is 0 Å². The summed E-state index contributed by atoms with van der Waals surface area (Å²) in [5.41, 5.74) is 2.72. The molecule has 1 amide bonds. The largest absolute Gasteiger partial charge is 0.464 e. The zero-order valence-corrected chi connectivity index (χ0v) is 6.56. The molecule has 0 bridgehead atoms. The van der Waals surface area contributed by atoms with Gasteiger partial charge in [-0.25, -0.2) is 10.2 Å². The molecule has 0 aliphatic carbocycles. The summed E-state index contributed by atoms with van der Waals surface area (Å²) < 4.78 is 1.83. The van der Waals surface area contributed by atoms with Gasteiger partial charge in [-0.2, -0.15) is 5.10 Å². The maximum Gasteiger partial charge on any atom is 0.425 e. The van der Waals surface area contributed by atoms with Crippen molar-refractivity contribution in [2.75, 3.05) is 0 Å². The zero-order chi connectivity index (χ0) is 8.97. The minimum atomic E-state index is -1.17. The molecule has 1 heterocycles. The van der Waals surface area contributed by atoms with Crippen molar-refractivity contribution in [2.24, 2.45) is 12.1 Å². The number of aromatic nitrogens is 1. The highest BCUT2D eigenvalue weighted by molar-refractivity contribution is 5.78. The molecule has 0 spiro atoms. The van der Waals surface area contributed by atoms with E-state index < -0.39 is 6.09 Å². The molecule has 0 fully saturated rings. The first-order valence-corrected chi connectivity index (χ1v) is 3.33. The number of carbonyl (C=O) groups is 1. The normalized spacial score (nSPS) is 10.4. The molecule has 1 aromatic heterocycles. The lowest BCUT2D eigenvalue weighted by atomic mass is 10.5. The highest BCUT2D eigenvalue weighted by Gasteiger charge is 1.91. The Hall–Kier alpha value is -1.78. The molecule has 12 heavy (non-hydrogen) atoms. The molecule has 0 aliphatic heterocycles. The average Bonchev–Trinajstić information content (AvgIpc) is 2.36. The maximum absolute atomic E-state index is 9.98. The van der Waals surface area contributed by atoms with Crippen LogP contribution in [0.1, 0.15) is 5.69 Å². The Kier molecular flexibility index (Phi) is 2.47. The third-order valence-corrected chi connectivity index (χ3v) is 1.34.